The number of halogens is 3. The van der Waals surface area contributed by atoms with Crippen LogP contribution < -0.4 is 10.6 Å². The first-order valence-corrected chi connectivity index (χ1v) is 11.9. The number of nitriles is 1. The van der Waals surface area contributed by atoms with Gasteiger partial charge in [-0.05, 0) is 62.6 Å². The van der Waals surface area contributed by atoms with E-state index in [2.05, 4.69) is 25.9 Å². The maximum atomic E-state index is 13.5. The van der Waals surface area contributed by atoms with E-state index in [0.29, 0.717) is 31.6 Å². The van der Waals surface area contributed by atoms with Gasteiger partial charge in [-0.1, -0.05) is 16.8 Å². The lowest BCUT2D eigenvalue weighted by Gasteiger charge is -2.15. The smallest absolute Gasteiger partial charge is 0.282 e. The molecule has 0 aliphatic rings. The first-order valence-electron chi connectivity index (χ1n) is 11.5. The van der Waals surface area contributed by atoms with Gasteiger partial charge in [0, 0.05) is 19.0 Å². The third kappa shape index (κ3) is 6.89. The largest absolute Gasteiger partial charge is 0.396 e. The number of alkyl halides is 2. The number of oxime groups is 1. The Kier molecular flexibility index (Phi) is 9.84. The molecule has 0 fully saturated rings. The summed E-state index contributed by atoms with van der Waals surface area (Å²) in [6.07, 6.45) is 1.14. The second-order valence-electron chi connectivity index (χ2n) is 7.86. The van der Waals surface area contributed by atoms with Crippen molar-refractivity contribution in [2.24, 2.45) is 5.16 Å². The minimum atomic E-state index is -2.96. The van der Waals surface area contributed by atoms with Crippen molar-refractivity contribution in [2.45, 2.75) is 33.1 Å². The maximum Gasteiger partial charge on any atom is 0.282 e. The minimum Gasteiger partial charge on any atom is -0.396 e. The molecule has 0 unspecified atom stereocenters. The summed E-state index contributed by atoms with van der Waals surface area (Å²) < 4.78 is 27.8. The van der Waals surface area contributed by atoms with Crippen molar-refractivity contribution in [3.63, 3.8) is 0 Å². The summed E-state index contributed by atoms with van der Waals surface area (Å²) in [5.74, 6) is -1.38. The van der Waals surface area contributed by atoms with Crippen LogP contribution >= 0.6 is 11.6 Å². The van der Waals surface area contributed by atoms with Crippen molar-refractivity contribution in [1.29, 1.82) is 5.26 Å². The van der Waals surface area contributed by atoms with Crippen LogP contribution in [0.5, 0.6) is 0 Å². The van der Waals surface area contributed by atoms with E-state index in [-0.39, 0.29) is 33.3 Å². The van der Waals surface area contributed by atoms with Gasteiger partial charge in [0.15, 0.2) is 5.82 Å². The number of anilines is 1. The zero-order valence-corrected chi connectivity index (χ0v) is 21.3. The Morgan fingerprint density at radius 1 is 1.32 bits per heavy atom. The molecule has 0 aliphatic heterocycles. The SMILES string of the molecule is CCO/N=C/CCCNC(=O)c1cc(C#N)cc(C)c1NC(=O)c1cc(C(F)F)nn1-c1ncccc1Cl. The monoisotopic (exact) mass is 543 g/mol. The summed E-state index contributed by atoms with van der Waals surface area (Å²) in [6, 6.07) is 8.76. The van der Waals surface area contributed by atoms with Gasteiger partial charge < -0.3 is 15.5 Å². The van der Waals surface area contributed by atoms with Gasteiger partial charge >= 0.3 is 0 Å². The fourth-order valence-electron chi connectivity index (χ4n) is 3.41. The van der Waals surface area contributed by atoms with Gasteiger partial charge in [0.1, 0.15) is 18.0 Å². The first-order chi connectivity index (χ1) is 18.3. The van der Waals surface area contributed by atoms with Crippen molar-refractivity contribution in [2.75, 3.05) is 18.5 Å². The summed E-state index contributed by atoms with van der Waals surface area (Å²) in [5.41, 5.74) is -0.150. The average molecular weight is 544 g/mol. The highest BCUT2D eigenvalue weighted by Crippen LogP contribution is 2.27. The molecule has 0 atom stereocenters. The summed E-state index contributed by atoms with van der Waals surface area (Å²) in [5, 5.41) is 22.4. The van der Waals surface area contributed by atoms with Crippen LogP contribution in [0, 0.1) is 18.3 Å². The summed E-state index contributed by atoms with van der Waals surface area (Å²) in [6.45, 7) is 4.16. The number of aromatic nitrogens is 3. The predicted molar refractivity (Wildman–Crippen MR) is 137 cm³/mol. The summed E-state index contributed by atoms with van der Waals surface area (Å²) in [7, 11) is 0. The maximum absolute atomic E-state index is 13.5. The zero-order valence-electron chi connectivity index (χ0n) is 20.5. The van der Waals surface area contributed by atoms with E-state index in [1.165, 1.54) is 24.4 Å². The molecule has 10 nitrogen and oxygen atoms in total. The topological polar surface area (TPSA) is 134 Å². The number of carbonyl (C=O) groups is 2. The van der Waals surface area contributed by atoms with Gasteiger partial charge in [-0.25, -0.2) is 18.4 Å². The molecule has 3 aromatic rings. The molecule has 13 heteroatoms. The number of rotatable bonds is 11. The molecule has 2 amide bonds. The zero-order chi connectivity index (χ0) is 27.7. The van der Waals surface area contributed by atoms with Crippen LogP contribution in [0.2, 0.25) is 5.02 Å². The normalized spacial score (nSPS) is 11.0. The van der Waals surface area contributed by atoms with Crippen LogP contribution in [0.25, 0.3) is 5.82 Å². The molecule has 2 heterocycles. The number of hydrogen-bond donors (Lipinski definition) is 2. The van der Waals surface area contributed by atoms with Crippen LogP contribution in [0.3, 0.4) is 0 Å². The highest BCUT2D eigenvalue weighted by Gasteiger charge is 2.25. The quantitative estimate of drug-likeness (QED) is 0.202. The van der Waals surface area contributed by atoms with Crippen LogP contribution in [0.1, 0.15) is 63.9 Å². The fraction of sp³-hybridized carbons (Fsp3) is 0.280. The first kappa shape index (κ1) is 28.2. The molecule has 1 aromatic carbocycles. The number of benzene rings is 1. The van der Waals surface area contributed by atoms with Crippen molar-refractivity contribution in [3.8, 4) is 11.9 Å². The lowest BCUT2D eigenvalue weighted by atomic mass is 10.0. The van der Waals surface area contributed by atoms with E-state index in [0.717, 1.165) is 10.7 Å². The lowest BCUT2D eigenvalue weighted by molar-refractivity contribution is 0.0954. The molecular formula is C25H24ClF2N7O3. The standard InChI is InChI=1S/C25H24ClF2N7O3/c1-3-38-32-10-5-4-8-31-24(36)17-12-16(14-29)11-15(2)21(17)33-25(37)20-13-19(22(27)28)34-35(20)23-18(26)7-6-9-30-23/h6-7,9-13,22H,3-5,8H2,1-2H3,(H,31,36)(H,33,37)/b32-10+. The van der Waals surface area contributed by atoms with E-state index in [4.69, 9.17) is 16.4 Å². The summed E-state index contributed by atoms with van der Waals surface area (Å²) in [4.78, 5) is 35.2. The third-order valence-electron chi connectivity index (χ3n) is 5.15. The molecule has 2 N–H and O–H groups in total. The molecule has 0 saturated heterocycles. The number of unbranched alkanes of at least 4 members (excludes halogenated alkanes) is 1. The number of nitrogens with zero attached hydrogens (tertiary/aromatic N) is 5. The molecule has 3 rings (SSSR count). The average Bonchev–Trinajstić information content (AvgIpc) is 3.35. The summed E-state index contributed by atoms with van der Waals surface area (Å²) >= 11 is 6.16. The van der Waals surface area contributed by atoms with E-state index in [1.54, 1.807) is 19.2 Å². The van der Waals surface area contributed by atoms with Gasteiger partial charge in [0.05, 0.1) is 27.9 Å². The van der Waals surface area contributed by atoms with Crippen molar-refractivity contribution < 1.29 is 23.2 Å². The minimum absolute atomic E-state index is 0.0198. The number of nitrogens with one attached hydrogen (secondary N) is 2. The highest BCUT2D eigenvalue weighted by molar-refractivity contribution is 6.32. The van der Waals surface area contributed by atoms with Gasteiger partial charge in [0.25, 0.3) is 18.2 Å². The van der Waals surface area contributed by atoms with Gasteiger partial charge in [-0.15, -0.1) is 0 Å². The van der Waals surface area contributed by atoms with Crippen LogP contribution in [-0.4, -0.2) is 45.9 Å². The second-order valence-corrected chi connectivity index (χ2v) is 8.27. The highest BCUT2D eigenvalue weighted by atomic mass is 35.5. The molecule has 0 aliphatic carbocycles. The third-order valence-corrected chi connectivity index (χ3v) is 5.44. The number of pyridine rings is 1. The van der Waals surface area contributed by atoms with E-state index >= 15 is 0 Å². The number of carbonyl (C=O) groups excluding carboxylic acids is 2. The van der Waals surface area contributed by atoms with Crippen LogP contribution in [0.4, 0.5) is 14.5 Å². The molecule has 0 spiro atoms. The Labute approximate surface area is 222 Å². The van der Waals surface area contributed by atoms with E-state index in [9.17, 15) is 23.6 Å². The van der Waals surface area contributed by atoms with Gasteiger partial charge in [0.2, 0.25) is 0 Å². The lowest BCUT2D eigenvalue weighted by Crippen LogP contribution is -2.27. The Hall–Kier alpha value is -4.37. The Morgan fingerprint density at radius 2 is 2.11 bits per heavy atom. The van der Waals surface area contributed by atoms with E-state index < -0.39 is 23.9 Å². The van der Waals surface area contributed by atoms with Crippen LogP contribution in [-0.2, 0) is 4.84 Å². The Balaban J connectivity index is 1.90. The number of aryl methyl sites for hydroxylation is 1. The van der Waals surface area contributed by atoms with Crippen molar-refractivity contribution >= 4 is 35.3 Å². The van der Waals surface area contributed by atoms with Gasteiger partial charge in [-0.3, -0.25) is 9.59 Å². The molecule has 0 bridgehead atoms. The molecule has 0 radical (unpaired) electrons. The molecule has 38 heavy (non-hydrogen) atoms. The van der Waals surface area contributed by atoms with Crippen molar-refractivity contribution in [3.05, 3.63) is 69.6 Å². The van der Waals surface area contributed by atoms with Gasteiger partial charge in [-0.2, -0.15) is 10.4 Å². The predicted octanol–water partition coefficient (Wildman–Crippen LogP) is 4.82. The molecule has 198 valence electrons. The Bertz CT molecular complexity index is 1390. The van der Waals surface area contributed by atoms with Crippen molar-refractivity contribution in [1.82, 2.24) is 20.1 Å². The molecule has 2 aromatic heterocycles. The Morgan fingerprint density at radius 3 is 2.79 bits per heavy atom. The number of amides is 2. The number of hydrogen-bond acceptors (Lipinski definition) is 7. The van der Waals surface area contributed by atoms with E-state index in [1.807, 2.05) is 13.0 Å². The molecular weight excluding hydrogens is 520 g/mol. The van der Waals surface area contributed by atoms with Crippen LogP contribution in [0.15, 0.2) is 41.7 Å². The fourth-order valence-corrected chi connectivity index (χ4v) is 3.61. The second kappa shape index (κ2) is 13.3. The molecule has 0 saturated carbocycles.